The molecule has 2 atom stereocenters. The maximum Gasteiger partial charge on any atom is 0.0483 e. The topological polar surface area (TPSA) is 35.2 Å². The molecule has 90 valence electrons. The van der Waals surface area contributed by atoms with E-state index in [1.807, 2.05) is 0 Å². The lowest BCUT2D eigenvalue weighted by Crippen LogP contribution is -2.48. The summed E-state index contributed by atoms with van der Waals surface area (Å²) in [6.07, 6.45) is 8.57. The highest BCUT2D eigenvalue weighted by Gasteiger charge is 2.33. The van der Waals surface area contributed by atoms with Crippen molar-refractivity contribution in [2.24, 2.45) is 11.7 Å². The monoisotopic (exact) mass is 213 g/mol. The predicted molar refractivity (Wildman–Crippen MR) is 64.9 cm³/mol. The van der Waals surface area contributed by atoms with Gasteiger partial charge in [-0.1, -0.05) is 33.1 Å². The fraction of sp³-hybridized carbons (Fsp3) is 1.00. The highest BCUT2D eigenvalue weighted by Crippen LogP contribution is 2.33. The zero-order chi connectivity index (χ0) is 11.1. The molecule has 2 unspecified atom stereocenters. The molecule has 1 aliphatic carbocycles. The van der Waals surface area contributed by atoms with E-state index in [2.05, 4.69) is 13.8 Å². The molecule has 0 bridgehead atoms. The summed E-state index contributed by atoms with van der Waals surface area (Å²) in [6.45, 7) is 6.24. The summed E-state index contributed by atoms with van der Waals surface area (Å²) in [5, 5.41) is 0. The van der Waals surface area contributed by atoms with Crippen molar-refractivity contribution in [2.75, 3.05) is 13.2 Å². The van der Waals surface area contributed by atoms with Gasteiger partial charge in [-0.15, -0.1) is 0 Å². The molecular weight excluding hydrogens is 186 g/mol. The zero-order valence-corrected chi connectivity index (χ0v) is 10.4. The van der Waals surface area contributed by atoms with Gasteiger partial charge in [-0.3, -0.25) is 0 Å². The van der Waals surface area contributed by atoms with Crippen LogP contribution in [0.1, 0.15) is 58.8 Å². The molecule has 0 saturated heterocycles. The molecule has 2 N–H and O–H groups in total. The molecule has 1 fully saturated rings. The van der Waals surface area contributed by atoms with Crippen molar-refractivity contribution in [1.29, 1.82) is 0 Å². The number of nitrogens with two attached hydrogens (primary N) is 1. The third-order valence-electron chi connectivity index (χ3n) is 3.86. The Bertz CT molecular complexity index is 172. The summed E-state index contributed by atoms with van der Waals surface area (Å²) in [4.78, 5) is 0. The average Bonchev–Trinajstić information content (AvgIpc) is 2.23. The number of hydrogen-bond donors (Lipinski definition) is 1. The van der Waals surface area contributed by atoms with Crippen molar-refractivity contribution in [2.45, 2.75) is 64.3 Å². The first-order chi connectivity index (χ1) is 7.19. The molecule has 0 aliphatic heterocycles. The van der Waals surface area contributed by atoms with Crippen molar-refractivity contribution >= 4 is 0 Å². The Labute approximate surface area is 94.6 Å². The van der Waals surface area contributed by atoms with E-state index in [0.717, 1.165) is 19.6 Å². The van der Waals surface area contributed by atoms with Crippen LogP contribution in [0.25, 0.3) is 0 Å². The van der Waals surface area contributed by atoms with E-state index < -0.39 is 0 Å². The maximum absolute atomic E-state index is 6.44. The van der Waals surface area contributed by atoms with Crippen LogP contribution < -0.4 is 5.73 Å². The molecule has 0 aromatic rings. The first-order valence-electron chi connectivity index (χ1n) is 6.55. The van der Waals surface area contributed by atoms with Crippen LogP contribution in [0.4, 0.5) is 0 Å². The molecule has 1 aliphatic rings. The van der Waals surface area contributed by atoms with Crippen molar-refractivity contribution in [3.63, 3.8) is 0 Å². The Morgan fingerprint density at radius 3 is 2.80 bits per heavy atom. The largest absolute Gasteiger partial charge is 0.381 e. The van der Waals surface area contributed by atoms with Gasteiger partial charge in [0.25, 0.3) is 0 Å². The number of ether oxygens (including phenoxy) is 1. The molecule has 0 heterocycles. The molecule has 0 spiro atoms. The number of hydrogen-bond acceptors (Lipinski definition) is 2. The molecule has 2 heteroatoms. The number of unbranched alkanes of at least 4 members (excludes halogenated alkanes) is 1. The summed E-state index contributed by atoms with van der Waals surface area (Å²) in [5.41, 5.74) is 6.50. The first-order valence-corrected chi connectivity index (χ1v) is 6.55. The van der Waals surface area contributed by atoms with Gasteiger partial charge in [0, 0.05) is 18.8 Å². The summed E-state index contributed by atoms with van der Waals surface area (Å²) < 4.78 is 5.61. The van der Waals surface area contributed by atoms with Gasteiger partial charge in [0.05, 0.1) is 0 Å². The Hall–Kier alpha value is -0.0800. The van der Waals surface area contributed by atoms with Gasteiger partial charge in [-0.2, -0.15) is 0 Å². The van der Waals surface area contributed by atoms with Crippen molar-refractivity contribution in [3.05, 3.63) is 0 Å². The lowest BCUT2D eigenvalue weighted by Gasteiger charge is -2.39. The second kappa shape index (κ2) is 6.49. The van der Waals surface area contributed by atoms with Crippen molar-refractivity contribution < 1.29 is 4.74 Å². The van der Waals surface area contributed by atoms with E-state index in [1.165, 1.54) is 38.5 Å². The van der Waals surface area contributed by atoms with E-state index in [9.17, 15) is 0 Å². The summed E-state index contributed by atoms with van der Waals surface area (Å²) in [7, 11) is 0. The van der Waals surface area contributed by atoms with Gasteiger partial charge < -0.3 is 10.5 Å². The van der Waals surface area contributed by atoms with Crippen LogP contribution in [-0.2, 0) is 4.74 Å². The molecular formula is C13H27NO. The molecule has 15 heavy (non-hydrogen) atoms. The predicted octanol–water partition coefficient (Wildman–Crippen LogP) is 3.10. The van der Waals surface area contributed by atoms with Gasteiger partial charge in [-0.05, 0) is 31.6 Å². The average molecular weight is 213 g/mol. The van der Waals surface area contributed by atoms with E-state index in [-0.39, 0.29) is 5.54 Å². The smallest absolute Gasteiger partial charge is 0.0483 e. The number of rotatable bonds is 6. The van der Waals surface area contributed by atoms with Crippen molar-refractivity contribution in [1.82, 2.24) is 0 Å². The highest BCUT2D eigenvalue weighted by molar-refractivity contribution is 4.92. The summed E-state index contributed by atoms with van der Waals surface area (Å²) in [6, 6.07) is 0. The molecule has 2 nitrogen and oxygen atoms in total. The van der Waals surface area contributed by atoms with Crippen LogP contribution in [0.2, 0.25) is 0 Å². The Kier molecular flexibility index (Phi) is 5.62. The van der Waals surface area contributed by atoms with Gasteiger partial charge in [-0.25, -0.2) is 0 Å². The molecule has 0 aromatic carbocycles. The van der Waals surface area contributed by atoms with Crippen LogP contribution in [0.3, 0.4) is 0 Å². The molecule has 0 amide bonds. The summed E-state index contributed by atoms with van der Waals surface area (Å²) in [5.74, 6) is 0.668. The summed E-state index contributed by atoms with van der Waals surface area (Å²) >= 11 is 0. The second-order valence-electron chi connectivity index (χ2n) is 5.10. The SMILES string of the molecule is CCCCOCCC1(N)CCCCC1C. The standard InChI is InChI=1S/C13H27NO/c1-3-4-10-15-11-9-13(14)8-6-5-7-12(13)2/h12H,3-11,14H2,1-2H3. The maximum atomic E-state index is 6.44. The molecule has 0 radical (unpaired) electrons. The van der Waals surface area contributed by atoms with E-state index in [1.54, 1.807) is 0 Å². The zero-order valence-electron chi connectivity index (χ0n) is 10.4. The first kappa shape index (κ1) is 13.0. The van der Waals surface area contributed by atoms with Crippen LogP contribution in [0, 0.1) is 5.92 Å². The van der Waals surface area contributed by atoms with Gasteiger partial charge >= 0.3 is 0 Å². The van der Waals surface area contributed by atoms with E-state index in [4.69, 9.17) is 10.5 Å². The fourth-order valence-corrected chi connectivity index (χ4v) is 2.42. The molecule has 0 aromatic heterocycles. The van der Waals surface area contributed by atoms with Crippen LogP contribution in [-0.4, -0.2) is 18.8 Å². The van der Waals surface area contributed by atoms with E-state index in [0.29, 0.717) is 5.92 Å². The Morgan fingerprint density at radius 2 is 2.13 bits per heavy atom. The van der Waals surface area contributed by atoms with E-state index >= 15 is 0 Å². The fourth-order valence-electron chi connectivity index (χ4n) is 2.42. The minimum atomic E-state index is 0.0600. The normalized spacial score (nSPS) is 31.8. The quantitative estimate of drug-likeness (QED) is 0.688. The van der Waals surface area contributed by atoms with Gasteiger partial charge in [0.15, 0.2) is 0 Å². The van der Waals surface area contributed by atoms with Gasteiger partial charge in [0.1, 0.15) is 0 Å². The minimum absolute atomic E-state index is 0.0600. The Morgan fingerprint density at radius 1 is 1.33 bits per heavy atom. The molecule has 1 rings (SSSR count). The highest BCUT2D eigenvalue weighted by atomic mass is 16.5. The van der Waals surface area contributed by atoms with Crippen LogP contribution in [0.5, 0.6) is 0 Å². The molecule has 1 saturated carbocycles. The van der Waals surface area contributed by atoms with Crippen LogP contribution >= 0.6 is 0 Å². The Balaban J connectivity index is 2.17. The second-order valence-corrected chi connectivity index (χ2v) is 5.10. The van der Waals surface area contributed by atoms with Gasteiger partial charge in [0.2, 0.25) is 0 Å². The third kappa shape index (κ3) is 4.12. The van der Waals surface area contributed by atoms with Crippen molar-refractivity contribution in [3.8, 4) is 0 Å². The lowest BCUT2D eigenvalue weighted by molar-refractivity contribution is 0.0866. The third-order valence-corrected chi connectivity index (χ3v) is 3.86. The lowest BCUT2D eigenvalue weighted by atomic mass is 9.73. The minimum Gasteiger partial charge on any atom is -0.381 e. The van der Waals surface area contributed by atoms with Crippen LogP contribution in [0.15, 0.2) is 0 Å².